The highest BCUT2D eigenvalue weighted by molar-refractivity contribution is 6.31. The van der Waals surface area contributed by atoms with Crippen molar-refractivity contribution in [3.05, 3.63) is 64.4 Å². The van der Waals surface area contributed by atoms with E-state index in [1.807, 2.05) is 0 Å². The van der Waals surface area contributed by atoms with Crippen LogP contribution in [0.3, 0.4) is 0 Å². The van der Waals surface area contributed by atoms with Crippen molar-refractivity contribution in [2.24, 2.45) is 0 Å². The summed E-state index contributed by atoms with van der Waals surface area (Å²) in [5.41, 5.74) is -1.76. The summed E-state index contributed by atoms with van der Waals surface area (Å²) in [6, 6.07) is 7.89. The quantitative estimate of drug-likeness (QED) is 0.743. The molecule has 0 atom stereocenters. The molecule has 2 rings (SSSR count). The molecule has 0 saturated heterocycles. The average molecular weight is 403 g/mol. The molecule has 9 heteroatoms. The number of amides is 2. The van der Waals surface area contributed by atoms with Gasteiger partial charge in [-0.25, -0.2) is 4.39 Å². The summed E-state index contributed by atoms with van der Waals surface area (Å²) in [5.74, 6) is -2.45. The Bertz CT molecular complexity index is 855. The van der Waals surface area contributed by atoms with Gasteiger partial charge in [-0.1, -0.05) is 23.7 Å². The number of likely N-dealkylation sites (N-methyl/N-ethyl adjacent to an activating group) is 1. The largest absolute Gasteiger partial charge is 0.418 e. The van der Waals surface area contributed by atoms with Gasteiger partial charge in [0.25, 0.3) is 5.91 Å². The summed E-state index contributed by atoms with van der Waals surface area (Å²) in [6.45, 7) is 1.05. The fourth-order valence-corrected chi connectivity index (χ4v) is 2.53. The first kappa shape index (κ1) is 20.7. The standard InChI is InChI=1S/C18H15ClF4N2O2/c1-2-25(17(27)12-9-11(19)7-8-14(12)20)10-16(26)24-15-6-4-3-5-13(15)18(21,22)23/h3-9H,2,10H2,1H3,(H,24,26). The van der Waals surface area contributed by atoms with Gasteiger partial charge in [0.15, 0.2) is 0 Å². The smallest absolute Gasteiger partial charge is 0.330 e. The third kappa shape index (κ3) is 5.19. The first-order valence-corrected chi connectivity index (χ1v) is 8.21. The number of anilines is 1. The van der Waals surface area contributed by atoms with Crippen LogP contribution >= 0.6 is 11.6 Å². The Labute approximate surface area is 157 Å². The Hall–Kier alpha value is -2.61. The van der Waals surface area contributed by atoms with Gasteiger partial charge in [0.2, 0.25) is 5.91 Å². The number of halogens is 5. The second-order valence-electron chi connectivity index (χ2n) is 5.54. The molecule has 0 heterocycles. The van der Waals surface area contributed by atoms with Crippen LogP contribution in [0.4, 0.5) is 23.2 Å². The highest BCUT2D eigenvalue weighted by atomic mass is 35.5. The van der Waals surface area contributed by atoms with Crippen molar-refractivity contribution >= 4 is 29.1 Å². The van der Waals surface area contributed by atoms with Crippen LogP contribution in [0.15, 0.2) is 42.5 Å². The Kier molecular flexibility index (Phi) is 6.43. The summed E-state index contributed by atoms with van der Waals surface area (Å²) in [5, 5.41) is 2.28. The van der Waals surface area contributed by atoms with E-state index in [4.69, 9.17) is 11.6 Å². The van der Waals surface area contributed by atoms with E-state index in [1.54, 1.807) is 6.92 Å². The summed E-state index contributed by atoms with van der Waals surface area (Å²) >= 11 is 5.76. The third-order valence-corrected chi connectivity index (χ3v) is 3.90. The third-order valence-electron chi connectivity index (χ3n) is 3.67. The number of hydrogen-bond donors (Lipinski definition) is 1. The summed E-state index contributed by atoms with van der Waals surface area (Å²) in [6.07, 6.45) is -4.64. The molecule has 0 spiro atoms. The number of carbonyl (C=O) groups is 2. The predicted molar refractivity (Wildman–Crippen MR) is 93.1 cm³/mol. The normalized spacial score (nSPS) is 11.2. The van der Waals surface area contributed by atoms with Gasteiger partial charge in [-0.3, -0.25) is 9.59 Å². The number of alkyl halides is 3. The number of hydrogen-bond acceptors (Lipinski definition) is 2. The van der Waals surface area contributed by atoms with Crippen LogP contribution in [0.1, 0.15) is 22.8 Å². The molecule has 0 unspecified atom stereocenters. The lowest BCUT2D eigenvalue weighted by atomic mass is 10.1. The highest BCUT2D eigenvalue weighted by Crippen LogP contribution is 2.34. The number of benzene rings is 2. The summed E-state index contributed by atoms with van der Waals surface area (Å²) in [4.78, 5) is 25.6. The van der Waals surface area contributed by atoms with Crippen molar-refractivity contribution in [1.82, 2.24) is 4.90 Å². The molecule has 0 aliphatic rings. The molecule has 144 valence electrons. The van der Waals surface area contributed by atoms with Gasteiger partial charge in [0.1, 0.15) is 12.4 Å². The van der Waals surface area contributed by atoms with Gasteiger partial charge >= 0.3 is 6.18 Å². The summed E-state index contributed by atoms with van der Waals surface area (Å²) in [7, 11) is 0. The van der Waals surface area contributed by atoms with Gasteiger partial charge < -0.3 is 10.2 Å². The number of rotatable bonds is 5. The second-order valence-corrected chi connectivity index (χ2v) is 5.97. The number of nitrogens with one attached hydrogen (secondary N) is 1. The molecular weight excluding hydrogens is 388 g/mol. The SMILES string of the molecule is CCN(CC(=O)Nc1ccccc1C(F)(F)F)C(=O)c1cc(Cl)ccc1F. The Morgan fingerprint density at radius 3 is 2.44 bits per heavy atom. The number of nitrogens with zero attached hydrogens (tertiary/aromatic N) is 1. The maximum Gasteiger partial charge on any atom is 0.418 e. The number of carbonyl (C=O) groups excluding carboxylic acids is 2. The molecule has 0 fully saturated rings. The monoisotopic (exact) mass is 402 g/mol. The van der Waals surface area contributed by atoms with E-state index in [0.29, 0.717) is 0 Å². The van der Waals surface area contributed by atoms with Crippen LogP contribution in [-0.2, 0) is 11.0 Å². The average Bonchev–Trinajstić information content (AvgIpc) is 2.60. The maximum atomic E-state index is 13.9. The molecule has 0 aliphatic heterocycles. The molecule has 0 aromatic heterocycles. The zero-order valence-corrected chi connectivity index (χ0v) is 14.9. The van der Waals surface area contributed by atoms with Crippen LogP contribution in [0.2, 0.25) is 5.02 Å². The molecule has 27 heavy (non-hydrogen) atoms. The maximum absolute atomic E-state index is 13.9. The van der Waals surface area contributed by atoms with Gasteiger partial charge in [-0.05, 0) is 37.3 Å². The van der Waals surface area contributed by atoms with Gasteiger partial charge in [0.05, 0.1) is 16.8 Å². The van der Waals surface area contributed by atoms with E-state index in [9.17, 15) is 27.2 Å². The van der Waals surface area contributed by atoms with Gasteiger partial charge in [0, 0.05) is 11.6 Å². The van der Waals surface area contributed by atoms with Crippen LogP contribution in [0.25, 0.3) is 0 Å². The topological polar surface area (TPSA) is 49.4 Å². The van der Waals surface area contributed by atoms with Crippen LogP contribution < -0.4 is 5.32 Å². The van der Waals surface area contributed by atoms with Crippen molar-refractivity contribution < 1.29 is 27.2 Å². The van der Waals surface area contributed by atoms with Crippen molar-refractivity contribution in [2.75, 3.05) is 18.4 Å². The lowest BCUT2D eigenvalue weighted by Gasteiger charge is -2.21. The summed E-state index contributed by atoms with van der Waals surface area (Å²) < 4.78 is 52.8. The molecule has 0 saturated carbocycles. The Morgan fingerprint density at radius 2 is 1.81 bits per heavy atom. The van der Waals surface area contributed by atoms with Gasteiger partial charge in [-0.15, -0.1) is 0 Å². The van der Waals surface area contributed by atoms with Crippen molar-refractivity contribution in [3.8, 4) is 0 Å². The lowest BCUT2D eigenvalue weighted by molar-refractivity contribution is -0.137. The minimum absolute atomic E-state index is 0.0408. The highest BCUT2D eigenvalue weighted by Gasteiger charge is 2.33. The van der Waals surface area contributed by atoms with E-state index in [2.05, 4.69) is 5.32 Å². The van der Waals surface area contributed by atoms with Crippen molar-refractivity contribution in [2.45, 2.75) is 13.1 Å². The molecular formula is C18H15ClF4N2O2. The number of para-hydroxylation sites is 1. The molecule has 0 bridgehead atoms. The molecule has 2 amide bonds. The van der Waals surface area contributed by atoms with Crippen LogP contribution in [0.5, 0.6) is 0 Å². The van der Waals surface area contributed by atoms with Crippen LogP contribution in [0, 0.1) is 5.82 Å². The molecule has 0 radical (unpaired) electrons. The zero-order chi connectivity index (χ0) is 20.2. The Morgan fingerprint density at radius 1 is 1.15 bits per heavy atom. The first-order chi connectivity index (χ1) is 12.6. The minimum atomic E-state index is -4.64. The molecule has 1 N–H and O–H groups in total. The van der Waals surface area contributed by atoms with E-state index < -0.39 is 41.6 Å². The van der Waals surface area contributed by atoms with Crippen molar-refractivity contribution in [3.63, 3.8) is 0 Å². The minimum Gasteiger partial charge on any atom is -0.330 e. The fourth-order valence-electron chi connectivity index (χ4n) is 2.36. The van der Waals surface area contributed by atoms with E-state index in [1.165, 1.54) is 18.2 Å². The molecule has 4 nitrogen and oxygen atoms in total. The van der Waals surface area contributed by atoms with E-state index in [0.717, 1.165) is 29.2 Å². The van der Waals surface area contributed by atoms with Crippen LogP contribution in [-0.4, -0.2) is 29.8 Å². The first-order valence-electron chi connectivity index (χ1n) is 7.84. The Balaban J connectivity index is 2.17. The molecule has 2 aromatic carbocycles. The van der Waals surface area contributed by atoms with Crippen molar-refractivity contribution in [1.29, 1.82) is 0 Å². The van der Waals surface area contributed by atoms with E-state index in [-0.39, 0.29) is 17.1 Å². The van der Waals surface area contributed by atoms with Gasteiger partial charge in [-0.2, -0.15) is 13.2 Å². The second kappa shape index (κ2) is 8.39. The predicted octanol–water partition coefficient (Wildman–Crippen LogP) is 4.60. The molecule has 0 aliphatic carbocycles. The zero-order valence-electron chi connectivity index (χ0n) is 14.1. The fraction of sp³-hybridized carbons (Fsp3) is 0.222. The molecule has 2 aromatic rings. The van der Waals surface area contributed by atoms with E-state index >= 15 is 0 Å². The lowest BCUT2D eigenvalue weighted by Crippen LogP contribution is -2.38.